The van der Waals surface area contributed by atoms with Gasteiger partial charge in [-0.25, -0.2) is 4.98 Å². The summed E-state index contributed by atoms with van der Waals surface area (Å²) in [5.41, 5.74) is 6.66. The number of aromatic nitrogens is 1. The van der Waals surface area contributed by atoms with Gasteiger partial charge in [-0.2, -0.15) is 0 Å². The van der Waals surface area contributed by atoms with Crippen LogP contribution in [0, 0.1) is 0 Å². The number of nitrogens with two attached hydrogens (primary N) is 1. The van der Waals surface area contributed by atoms with Gasteiger partial charge >= 0.3 is 0 Å². The number of piperazine rings is 1. The van der Waals surface area contributed by atoms with Gasteiger partial charge in [0.1, 0.15) is 5.82 Å². The van der Waals surface area contributed by atoms with Gasteiger partial charge in [-0.15, -0.1) is 0 Å². The molecule has 0 spiro atoms. The minimum atomic E-state index is 0.548. The molecular formula is C14H21ClN4. The minimum Gasteiger partial charge on any atom is -0.384 e. The molecule has 2 N–H and O–H groups in total. The average Bonchev–Trinajstić information content (AvgIpc) is 2.81. The molecule has 2 aliphatic rings. The smallest absolute Gasteiger partial charge is 0.123 e. The summed E-state index contributed by atoms with van der Waals surface area (Å²) in [5, 5.41) is 0.718. The molecule has 1 aromatic heterocycles. The summed E-state index contributed by atoms with van der Waals surface area (Å²) in [4.78, 5) is 9.48. The fourth-order valence-corrected chi connectivity index (χ4v) is 3.44. The molecule has 0 aliphatic carbocycles. The maximum atomic E-state index is 6.22. The fraction of sp³-hybridized carbons (Fsp3) is 0.643. The summed E-state index contributed by atoms with van der Waals surface area (Å²) in [6.45, 7) is 6.63. The van der Waals surface area contributed by atoms with Gasteiger partial charge in [0.05, 0.1) is 10.7 Å². The van der Waals surface area contributed by atoms with Crippen molar-refractivity contribution in [1.29, 1.82) is 0 Å². The second kappa shape index (κ2) is 5.27. The number of fused-ring (bicyclic) bond motifs is 1. The van der Waals surface area contributed by atoms with Crippen molar-refractivity contribution in [2.75, 3.05) is 25.4 Å². The van der Waals surface area contributed by atoms with E-state index < -0.39 is 0 Å². The van der Waals surface area contributed by atoms with Crippen LogP contribution in [-0.2, 0) is 6.54 Å². The van der Waals surface area contributed by atoms with Crippen molar-refractivity contribution in [3.8, 4) is 0 Å². The number of hydrogen-bond donors (Lipinski definition) is 1. The zero-order chi connectivity index (χ0) is 13.4. The highest BCUT2D eigenvalue weighted by atomic mass is 35.5. The highest BCUT2D eigenvalue weighted by Crippen LogP contribution is 2.26. The first kappa shape index (κ1) is 13.2. The zero-order valence-corrected chi connectivity index (χ0v) is 12.1. The summed E-state index contributed by atoms with van der Waals surface area (Å²) in [6.07, 6.45) is 2.66. The predicted octanol–water partition coefficient (Wildman–Crippen LogP) is 1.99. The standard InChI is InChI=1S/C14H21ClN4/c1-10-7-18-6-2-3-11(18)8-19(10)9-13-12(15)4-5-14(16)17-13/h4-5,10-11H,2-3,6-9H2,1H3,(H2,16,17). The van der Waals surface area contributed by atoms with Crippen molar-refractivity contribution < 1.29 is 0 Å². The Labute approximate surface area is 119 Å². The van der Waals surface area contributed by atoms with Crippen molar-refractivity contribution in [2.45, 2.75) is 38.4 Å². The highest BCUT2D eigenvalue weighted by molar-refractivity contribution is 6.31. The van der Waals surface area contributed by atoms with Crippen molar-refractivity contribution in [3.63, 3.8) is 0 Å². The Kier molecular flexibility index (Phi) is 3.65. The molecule has 0 radical (unpaired) electrons. The van der Waals surface area contributed by atoms with E-state index in [1.807, 2.05) is 6.07 Å². The molecular weight excluding hydrogens is 260 g/mol. The lowest BCUT2D eigenvalue weighted by Gasteiger charge is -2.42. The van der Waals surface area contributed by atoms with E-state index >= 15 is 0 Å². The van der Waals surface area contributed by atoms with Crippen LogP contribution in [0.25, 0.3) is 0 Å². The average molecular weight is 281 g/mol. The van der Waals surface area contributed by atoms with E-state index in [0.29, 0.717) is 11.9 Å². The lowest BCUT2D eigenvalue weighted by molar-refractivity contribution is 0.0532. The van der Waals surface area contributed by atoms with Gasteiger partial charge in [-0.3, -0.25) is 9.80 Å². The van der Waals surface area contributed by atoms with E-state index in [1.54, 1.807) is 6.07 Å². The topological polar surface area (TPSA) is 45.4 Å². The molecule has 0 bridgehead atoms. The van der Waals surface area contributed by atoms with Crippen molar-refractivity contribution in [3.05, 3.63) is 22.8 Å². The quantitative estimate of drug-likeness (QED) is 0.900. The van der Waals surface area contributed by atoms with E-state index in [-0.39, 0.29) is 0 Å². The molecule has 2 unspecified atom stereocenters. The number of anilines is 1. The third-order valence-electron chi connectivity index (χ3n) is 4.36. The Morgan fingerprint density at radius 1 is 1.42 bits per heavy atom. The Hall–Kier alpha value is -0.840. The predicted molar refractivity (Wildman–Crippen MR) is 78.1 cm³/mol. The van der Waals surface area contributed by atoms with Gasteiger partial charge in [-0.05, 0) is 38.4 Å². The van der Waals surface area contributed by atoms with Crippen LogP contribution in [0.15, 0.2) is 12.1 Å². The monoisotopic (exact) mass is 280 g/mol. The first-order chi connectivity index (χ1) is 9.13. The van der Waals surface area contributed by atoms with E-state index in [0.717, 1.165) is 36.4 Å². The molecule has 3 rings (SSSR count). The van der Waals surface area contributed by atoms with Gasteiger partial charge in [0, 0.05) is 31.7 Å². The van der Waals surface area contributed by atoms with Crippen LogP contribution in [0.4, 0.5) is 5.82 Å². The van der Waals surface area contributed by atoms with Gasteiger partial charge < -0.3 is 5.73 Å². The molecule has 19 heavy (non-hydrogen) atoms. The van der Waals surface area contributed by atoms with Crippen LogP contribution in [0.3, 0.4) is 0 Å². The second-order valence-electron chi connectivity index (χ2n) is 5.73. The molecule has 0 aromatic carbocycles. The highest BCUT2D eigenvalue weighted by Gasteiger charge is 2.34. The van der Waals surface area contributed by atoms with Crippen LogP contribution < -0.4 is 5.73 Å². The molecule has 4 nitrogen and oxygen atoms in total. The summed E-state index contributed by atoms with van der Waals surface area (Å²) < 4.78 is 0. The molecule has 2 aliphatic heterocycles. The first-order valence-corrected chi connectivity index (χ1v) is 7.40. The number of nitrogen functional groups attached to an aromatic ring is 1. The minimum absolute atomic E-state index is 0.548. The largest absolute Gasteiger partial charge is 0.384 e. The second-order valence-corrected chi connectivity index (χ2v) is 6.14. The molecule has 5 heteroatoms. The van der Waals surface area contributed by atoms with Crippen LogP contribution in [-0.4, -0.2) is 46.5 Å². The summed E-state index contributed by atoms with van der Waals surface area (Å²) in [7, 11) is 0. The number of pyridine rings is 1. The SMILES string of the molecule is CC1CN2CCCC2CN1Cc1nc(N)ccc1Cl. The zero-order valence-electron chi connectivity index (χ0n) is 11.3. The van der Waals surface area contributed by atoms with Crippen LogP contribution >= 0.6 is 11.6 Å². The Bertz CT molecular complexity index is 465. The van der Waals surface area contributed by atoms with Crippen LogP contribution in [0.5, 0.6) is 0 Å². The van der Waals surface area contributed by atoms with E-state index in [9.17, 15) is 0 Å². The Morgan fingerprint density at radius 2 is 2.26 bits per heavy atom. The van der Waals surface area contributed by atoms with Gasteiger partial charge in [-0.1, -0.05) is 11.6 Å². The van der Waals surface area contributed by atoms with Crippen molar-refractivity contribution in [2.24, 2.45) is 0 Å². The van der Waals surface area contributed by atoms with Crippen LogP contribution in [0.2, 0.25) is 5.02 Å². The Morgan fingerprint density at radius 3 is 3.11 bits per heavy atom. The molecule has 3 heterocycles. The lowest BCUT2D eigenvalue weighted by Crippen LogP contribution is -2.54. The van der Waals surface area contributed by atoms with Crippen LogP contribution in [0.1, 0.15) is 25.5 Å². The Balaban J connectivity index is 1.73. The molecule has 0 amide bonds. The summed E-state index contributed by atoms with van der Waals surface area (Å²) >= 11 is 6.22. The number of rotatable bonds is 2. The maximum Gasteiger partial charge on any atom is 0.123 e. The number of nitrogens with zero attached hydrogens (tertiary/aromatic N) is 3. The third-order valence-corrected chi connectivity index (χ3v) is 4.70. The summed E-state index contributed by atoms with van der Waals surface area (Å²) in [6, 6.07) is 4.87. The van der Waals surface area contributed by atoms with E-state index in [4.69, 9.17) is 17.3 Å². The third kappa shape index (κ3) is 2.71. The van der Waals surface area contributed by atoms with Crippen molar-refractivity contribution >= 4 is 17.4 Å². The van der Waals surface area contributed by atoms with Crippen molar-refractivity contribution in [1.82, 2.24) is 14.8 Å². The molecule has 2 atom stereocenters. The van der Waals surface area contributed by atoms with Gasteiger partial charge in [0.15, 0.2) is 0 Å². The molecule has 2 fully saturated rings. The first-order valence-electron chi connectivity index (χ1n) is 7.02. The molecule has 0 saturated carbocycles. The molecule has 2 saturated heterocycles. The molecule has 1 aromatic rings. The number of halogens is 1. The van der Waals surface area contributed by atoms with Gasteiger partial charge in [0.2, 0.25) is 0 Å². The number of hydrogen-bond acceptors (Lipinski definition) is 4. The fourth-order valence-electron chi connectivity index (χ4n) is 3.27. The summed E-state index contributed by atoms with van der Waals surface area (Å²) in [5.74, 6) is 0.548. The van der Waals surface area contributed by atoms with E-state index in [2.05, 4.69) is 21.7 Å². The van der Waals surface area contributed by atoms with Gasteiger partial charge in [0.25, 0.3) is 0 Å². The normalized spacial score (nSPS) is 28.5. The van der Waals surface area contributed by atoms with E-state index in [1.165, 1.54) is 19.4 Å². The lowest BCUT2D eigenvalue weighted by atomic mass is 10.1. The maximum absolute atomic E-state index is 6.22. The molecule has 104 valence electrons.